The summed E-state index contributed by atoms with van der Waals surface area (Å²) in [4.78, 5) is 2.02. The molecule has 1 aromatic rings. The molecule has 0 saturated heterocycles. The molecular weight excluding hydrogens is 238 g/mol. The smallest absolute Gasteiger partial charge is 0.0992 e. The number of rotatable bonds is 5. The maximum atomic E-state index is 9.83. The van der Waals surface area contributed by atoms with Crippen molar-refractivity contribution in [3.63, 3.8) is 0 Å². The Morgan fingerprint density at radius 3 is 2.47 bits per heavy atom. The van der Waals surface area contributed by atoms with E-state index >= 15 is 0 Å². The average Bonchev–Trinajstić information content (AvgIpc) is 2.43. The monoisotopic (exact) mass is 257 g/mol. The van der Waals surface area contributed by atoms with Crippen LogP contribution >= 0.6 is 0 Å². The van der Waals surface area contributed by atoms with Crippen LogP contribution in [0.1, 0.15) is 38.0 Å². The minimum absolute atomic E-state index is 0.104. The van der Waals surface area contributed by atoms with Gasteiger partial charge in [-0.2, -0.15) is 10.5 Å². The van der Waals surface area contributed by atoms with Crippen LogP contribution in [-0.4, -0.2) is 18.2 Å². The first-order valence-corrected chi connectivity index (χ1v) is 6.40. The Labute approximate surface area is 114 Å². The standard InChI is InChI=1S/C15H19N3O/c1-4-18(10-11(2)8-16)15-7-13(9-17)5-6-14(15)12(3)19/h5-7,11-12,19H,4,10H2,1-3H3. The maximum absolute atomic E-state index is 9.83. The van der Waals surface area contributed by atoms with E-state index in [1.165, 1.54) is 0 Å². The molecule has 19 heavy (non-hydrogen) atoms. The number of hydrogen-bond donors (Lipinski definition) is 1. The molecule has 0 saturated carbocycles. The molecule has 0 aliphatic rings. The second kappa shape index (κ2) is 6.78. The number of nitriles is 2. The van der Waals surface area contributed by atoms with E-state index in [1.807, 2.05) is 18.7 Å². The molecule has 2 atom stereocenters. The van der Waals surface area contributed by atoms with E-state index in [2.05, 4.69) is 12.1 Å². The van der Waals surface area contributed by atoms with Gasteiger partial charge in [0.1, 0.15) is 0 Å². The molecule has 0 aliphatic carbocycles. The van der Waals surface area contributed by atoms with Gasteiger partial charge < -0.3 is 10.0 Å². The summed E-state index contributed by atoms with van der Waals surface area (Å²) in [6.45, 7) is 6.86. The molecule has 2 unspecified atom stereocenters. The van der Waals surface area contributed by atoms with E-state index in [1.54, 1.807) is 25.1 Å². The molecule has 0 fully saturated rings. The fourth-order valence-corrected chi connectivity index (χ4v) is 2.01. The fraction of sp³-hybridized carbons (Fsp3) is 0.467. The van der Waals surface area contributed by atoms with Crippen molar-refractivity contribution >= 4 is 5.69 Å². The van der Waals surface area contributed by atoms with Crippen molar-refractivity contribution < 1.29 is 5.11 Å². The highest BCUT2D eigenvalue weighted by molar-refractivity contribution is 5.58. The molecular formula is C15H19N3O. The summed E-state index contributed by atoms with van der Waals surface area (Å²) >= 11 is 0. The first-order valence-electron chi connectivity index (χ1n) is 6.40. The van der Waals surface area contributed by atoms with Crippen molar-refractivity contribution in [3.8, 4) is 12.1 Å². The molecule has 0 spiro atoms. The predicted molar refractivity (Wildman–Crippen MR) is 74.5 cm³/mol. The Hall–Kier alpha value is -2.04. The third-order valence-electron chi connectivity index (χ3n) is 3.05. The van der Waals surface area contributed by atoms with Crippen molar-refractivity contribution in [3.05, 3.63) is 29.3 Å². The van der Waals surface area contributed by atoms with Gasteiger partial charge in [-0.15, -0.1) is 0 Å². The SMILES string of the molecule is CCN(CC(C)C#N)c1cc(C#N)ccc1C(C)O. The topological polar surface area (TPSA) is 71.0 Å². The van der Waals surface area contributed by atoms with Crippen molar-refractivity contribution in [2.75, 3.05) is 18.0 Å². The molecule has 1 aromatic carbocycles. The lowest BCUT2D eigenvalue weighted by Crippen LogP contribution is -2.29. The lowest BCUT2D eigenvalue weighted by atomic mass is 10.0. The van der Waals surface area contributed by atoms with Crippen molar-refractivity contribution in [2.24, 2.45) is 5.92 Å². The van der Waals surface area contributed by atoms with Crippen LogP contribution in [0.25, 0.3) is 0 Å². The summed E-state index contributed by atoms with van der Waals surface area (Å²) in [5, 5.41) is 27.7. The van der Waals surface area contributed by atoms with Crippen LogP contribution in [0.2, 0.25) is 0 Å². The number of benzene rings is 1. The van der Waals surface area contributed by atoms with Gasteiger partial charge in [0.05, 0.1) is 29.7 Å². The zero-order valence-corrected chi connectivity index (χ0v) is 11.6. The predicted octanol–water partition coefficient (Wildman–Crippen LogP) is 2.60. The van der Waals surface area contributed by atoms with Crippen LogP contribution in [0.15, 0.2) is 18.2 Å². The van der Waals surface area contributed by atoms with E-state index in [4.69, 9.17) is 10.5 Å². The van der Waals surface area contributed by atoms with E-state index in [9.17, 15) is 5.11 Å². The van der Waals surface area contributed by atoms with Gasteiger partial charge in [-0.25, -0.2) is 0 Å². The van der Waals surface area contributed by atoms with Crippen molar-refractivity contribution in [1.29, 1.82) is 10.5 Å². The third kappa shape index (κ3) is 3.71. The van der Waals surface area contributed by atoms with Gasteiger partial charge in [0, 0.05) is 24.3 Å². The van der Waals surface area contributed by atoms with Gasteiger partial charge in [0.15, 0.2) is 0 Å². The van der Waals surface area contributed by atoms with Gasteiger partial charge in [0.25, 0.3) is 0 Å². The van der Waals surface area contributed by atoms with Crippen LogP contribution in [0, 0.1) is 28.6 Å². The highest BCUT2D eigenvalue weighted by Gasteiger charge is 2.16. The maximum Gasteiger partial charge on any atom is 0.0992 e. The Morgan fingerprint density at radius 2 is 2.00 bits per heavy atom. The minimum atomic E-state index is -0.603. The van der Waals surface area contributed by atoms with E-state index in [0.717, 1.165) is 17.8 Å². The molecule has 0 heterocycles. The van der Waals surface area contributed by atoms with Crippen molar-refractivity contribution in [2.45, 2.75) is 26.9 Å². The van der Waals surface area contributed by atoms with Crippen LogP contribution in [0.5, 0.6) is 0 Å². The first kappa shape index (κ1) is 15.0. The number of aliphatic hydroxyl groups excluding tert-OH is 1. The Bertz CT molecular complexity index is 511. The third-order valence-corrected chi connectivity index (χ3v) is 3.05. The summed E-state index contributed by atoms with van der Waals surface area (Å²) < 4.78 is 0. The molecule has 4 heteroatoms. The normalized spacial score (nSPS) is 13.2. The second-order valence-electron chi connectivity index (χ2n) is 4.63. The number of hydrogen-bond acceptors (Lipinski definition) is 4. The van der Waals surface area contributed by atoms with E-state index in [-0.39, 0.29) is 5.92 Å². The molecule has 4 nitrogen and oxygen atoms in total. The Kier molecular flexibility index (Phi) is 5.36. The number of aliphatic hydroxyl groups is 1. The van der Waals surface area contributed by atoms with Gasteiger partial charge in [-0.05, 0) is 32.9 Å². The van der Waals surface area contributed by atoms with Crippen LogP contribution in [0.3, 0.4) is 0 Å². The van der Waals surface area contributed by atoms with Crippen LogP contribution < -0.4 is 4.90 Å². The highest BCUT2D eigenvalue weighted by atomic mass is 16.3. The van der Waals surface area contributed by atoms with Crippen LogP contribution in [-0.2, 0) is 0 Å². The first-order chi connectivity index (χ1) is 9.03. The Morgan fingerprint density at radius 1 is 1.32 bits per heavy atom. The summed E-state index contributed by atoms with van der Waals surface area (Å²) in [7, 11) is 0. The average molecular weight is 257 g/mol. The number of nitrogens with zero attached hydrogens (tertiary/aromatic N) is 3. The molecule has 0 bridgehead atoms. The summed E-state index contributed by atoms with van der Waals surface area (Å²) in [6.07, 6.45) is -0.603. The largest absolute Gasteiger partial charge is 0.389 e. The molecule has 100 valence electrons. The molecule has 0 radical (unpaired) electrons. The zero-order valence-electron chi connectivity index (χ0n) is 11.6. The van der Waals surface area contributed by atoms with Gasteiger partial charge >= 0.3 is 0 Å². The van der Waals surface area contributed by atoms with Crippen LogP contribution in [0.4, 0.5) is 5.69 Å². The molecule has 0 amide bonds. The van der Waals surface area contributed by atoms with Gasteiger partial charge in [0.2, 0.25) is 0 Å². The van der Waals surface area contributed by atoms with E-state index < -0.39 is 6.10 Å². The molecule has 1 N–H and O–H groups in total. The quantitative estimate of drug-likeness (QED) is 0.880. The summed E-state index contributed by atoms with van der Waals surface area (Å²) in [6, 6.07) is 9.57. The lowest BCUT2D eigenvalue weighted by Gasteiger charge is -2.27. The summed E-state index contributed by atoms with van der Waals surface area (Å²) in [5.74, 6) is -0.104. The second-order valence-corrected chi connectivity index (χ2v) is 4.63. The molecule has 0 aromatic heterocycles. The Balaban J connectivity index is 3.20. The lowest BCUT2D eigenvalue weighted by molar-refractivity contribution is 0.199. The van der Waals surface area contributed by atoms with Gasteiger partial charge in [-0.1, -0.05) is 6.07 Å². The fourth-order valence-electron chi connectivity index (χ4n) is 2.01. The molecule has 1 rings (SSSR count). The number of anilines is 1. The molecule has 0 aliphatic heterocycles. The van der Waals surface area contributed by atoms with Crippen molar-refractivity contribution in [1.82, 2.24) is 0 Å². The zero-order chi connectivity index (χ0) is 14.4. The van der Waals surface area contributed by atoms with E-state index in [0.29, 0.717) is 12.1 Å². The highest BCUT2D eigenvalue weighted by Crippen LogP contribution is 2.28. The minimum Gasteiger partial charge on any atom is -0.389 e. The summed E-state index contributed by atoms with van der Waals surface area (Å²) in [5.41, 5.74) is 2.17. The van der Waals surface area contributed by atoms with Gasteiger partial charge in [-0.3, -0.25) is 0 Å².